The molecule has 0 aromatic heterocycles. The van der Waals surface area contributed by atoms with E-state index in [-0.39, 0.29) is 17.3 Å². The van der Waals surface area contributed by atoms with Crippen molar-refractivity contribution in [1.82, 2.24) is 4.31 Å². The molecule has 1 N–H and O–H groups in total. The fourth-order valence-electron chi connectivity index (χ4n) is 3.06. The van der Waals surface area contributed by atoms with E-state index < -0.39 is 21.9 Å². The molecule has 1 heterocycles. The first-order valence-corrected chi connectivity index (χ1v) is 9.97. The Balaban J connectivity index is 1.83. The van der Waals surface area contributed by atoms with Gasteiger partial charge in [0.1, 0.15) is 11.9 Å². The minimum atomic E-state index is -3.87. The molecule has 1 aliphatic rings. The quantitative estimate of drug-likeness (QED) is 0.890. The highest BCUT2D eigenvalue weighted by atomic mass is 32.2. The highest BCUT2D eigenvalue weighted by molar-refractivity contribution is 7.89. The molecule has 138 valence electrons. The van der Waals surface area contributed by atoms with Gasteiger partial charge in [-0.3, -0.25) is 4.79 Å². The van der Waals surface area contributed by atoms with E-state index in [1.807, 2.05) is 19.1 Å². The van der Waals surface area contributed by atoms with Crippen LogP contribution in [0.3, 0.4) is 0 Å². The second kappa shape index (κ2) is 7.55. The maximum absolute atomic E-state index is 13.1. The van der Waals surface area contributed by atoms with Crippen LogP contribution in [0.2, 0.25) is 0 Å². The summed E-state index contributed by atoms with van der Waals surface area (Å²) in [6, 6.07) is 11.2. The first-order valence-electron chi connectivity index (χ1n) is 8.53. The van der Waals surface area contributed by atoms with Crippen LogP contribution in [0, 0.1) is 12.7 Å². The maximum atomic E-state index is 13.1. The molecule has 3 rings (SSSR count). The number of amides is 1. The number of anilines is 1. The topological polar surface area (TPSA) is 66.5 Å². The number of nitrogens with zero attached hydrogens (tertiary/aromatic N) is 1. The Kier molecular flexibility index (Phi) is 5.38. The van der Waals surface area contributed by atoms with Crippen molar-refractivity contribution in [1.29, 1.82) is 0 Å². The van der Waals surface area contributed by atoms with Crippen molar-refractivity contribution in [3.63, 3.8) is 0 Å². The maximum Gasteiger partial charge on any atom is 0.243 e. The van der Waals surface area contributed by atoms with Gasteiger partial charge in [0, 0.05) is 12.2 Å². The zero-order chi connectivity index (χ0) is 18.7. The first kappa shape index (κ1) is 18.5. The second-order valence-electron chi connectivity index (χ2n) is 6.44. The summed E-state index contributed by atoms with van der Waals surface area (Å²) in [5, 5.41) is 2.80. The van der Waals surface area contributed by atoms with Crippen molar-refractivity contribution in [2.45, 2.75) is 37.1 Å². The Morgan fingerprint density at radius 3 is 2.38 bits per heavy atom. The average Bonchev–Trinajstić information content (AvgIpc) is 2.64. The number of rotatable bonds is 4. The summed E-state index contributed by atoms with van der Waals surface area (Å²) in [6.07, 6.45) is 1.92. The molecule has 0 spiro atoms. The van der Waals surface area contributed by atoms with Gasteiger partial charge in [0.15, 0.2) is 0 Å². The Morgan fingerprint density at radius 2 is 1.73 bits per heavy atom. The number of carbonyl (C=O) groups is 1. The van der Waals surface area contributed by atoms with Crippen LogP contribution in [0.25, 0.3) is 0 Å². The average molecular weight is 376 g/mol. The third-order valence-electron chi connectivity index (χ3n) is 4.50. The molecule has 1 saturated heterocycles. The molecule has 26 heavy (non-hydrogen) atoms. The zero-order valence-corrected chi connectivity index (χ0v) is 15.3. The van der Waals surface area contributed by atoms with Gasteiger partial charge in [-0.2, -0.15) is 4.31 Å². The van der Waals surface area contributed by atoms with Gasteiger partial charge < -0.3 is 5.32 Å². The van der Waals surface area contributed by atoms with Gasteiger partial charge in [-0.25, -0.2) is 12.8 Å². The molecule has 7 heteroatoms. The lowest BCUT2D eigenvalue weighted by Gasteiger charge is -2.33. The van der Waals surface area contributed by atoms with Crippen molar-refractivity contribution in [2.75, 3.05) is 11.9 Å². The van der Waals surface area contributed by atoms with Gasteiger partial charge in [0.05, 0.1) is 4.90 Å². The van der Waals surface area contributed by atoms with Crippen molar-refractivity contribution in [3.8, 4) is 0 Å². The lowest BCUT2D eigenvalue weighted by Crippen LogP contribution is -2.49. The number of nitrogens with one attached hydrogen (secondary N) is 1. The molecule has 1 atom stereocenters. The van der Waals surface area contributed by atoms with E-state index >= 15 is 0 Å². The number of halogens is 1. The summed E-state index contributed by atoms with van der Waals surface area (Å²) < 4.78 is 40.2. The van der Waals surface area contributed by atoms with Crippen LogP contribution in [0.5, 0.6) is 0 Å². The first-order chi connectivity index (χ1) is 12.4. The normalized spacial score (nSPS) is 18.5. The summed E-state index contributed by atoms with van der Waals surface area (Å²) >= 11 is 0. The van der Waals surface area contributed by atoms with Gasteiger partial charge in [-0.05, 0) is 56.2 Å². The van der Waals surface area contributed by atoms with Crippen molar-refractivity contribution >= 4 is 21.6 Å². The number of hydrogen-bond acceptors (Lipinski definition) is 3. The van der Waals surface area contributed by atoms with Gasteiger partial charge >= 0.3 is 0 Å². The van der Waals surface area contributed by atoms with E-state index in [1.54, 1.807) is 12.1 Å². The van der Waals surface area contributed by atoms with Gasteiger partial charge in [-0.15, -0.1) is 0 Å². The molecule has 0 saturated carbocycles. The molecular formula is C19H21FN2O3S. The van der Waals surface area contributed by atoms with E-state index in [0.29, 0.717) is 18.5 Å². The van der Waals surface area contributed by atoms with Gasteiger partial charge in [0.25, 0.3) is 0 Å². The number of piperidine rings is 1. The third-order valence-corrected chi connectivity index (χ3v) is 6.42. The minimum Gasteiger partial charge on any atom is -0.325 e. The Labute approximate surface area is 152 Å². The van der Waals surface area contributed by atoms with E-state index in [0.717, 1.165) is 24.1 Å². The van der Waals surface area contributed by atoms with E-state index in [4.69, 9.17) is 0 Å². The van der Waals surface area contributed by atoms with Crippen LogP contribution >= 0.6 is 0 Å². The van der Waals surface area contributed by atoms with Crippen molar-refractivity contribution < 1.29 is 17.6 Å². The Bertz CT molecular complexity index is 880. The fourth-order valence-corrected chi connectivity index (χ4v) is 4.72. The molecule has 1 aliphatic heterocycles. The van der Waals surface area contributed by atoms with Crippen molar-refractivity contribution in [2.24, 2.45) is 0 Å². The lowest BCUT2D eigenvalue weighted by atomic mass is 10.0. The monoisotopic (exact) mass is 376 g/mol. The zero-order valence-electron chi connectivity index (χ0n) is 14.5. The standard InChI is InChI=1S/C19H21FN2O3S/c1-14-5-9-16(10-6-14)21-19(23)18-4-2-3-13-22(18)26(24,25)17-11-7-15(20)8-12-17/h5-12,18H,2-4,13H2,1H3,(H,21,23). The van der Waals surface area contributed by atoms with Crippen LogP contribution in [-0.2, 0) is 14.8 Å². The predicted molar refractivity (Wildman–Crippen MR) is 97.7 cm³/mol. The molecule has 0 radical (unpaired) electrons. The Morgan fingerprint density at radius 1 is 1.08 bits per heavy atom. The summed E-state index contributed by atoms with van der Waals surface area (Å²) in [6.45, 7) is 2.22. The lowest BCUT2D eigenvalue weighted by molar-refractivity contribution is -0.120. The molecule has 1 amide bonds. The van der Waals surface area contributed by atoms with Gasteiger partial charge in [0.2, 0.25) is 15.9 Å². The molecule has 2 aromatic carbocycles. The number of benzene rings is 2. The highest BCUT2D eigenvalue weighted by Crippen LogP contribution is 2.26. The molecule has 0 bridgehead atoms. The van der Waals surface area contributed by atoms with E-state index in [1.165, 1.54) is 16.4 Å². The summed E-state index contributed by atoms with van der Waals surface area (Å²) in [5.74, 6) is -0.851. The van der Waals surface area contributed by atoms with Crippen LogP contribution in [0.4, 0.5) is 10.1 Å². The van der Waals surface area contributed by atoms with Crippen molar-refractivity contribution in [3.05, 3.63) is 59.9 Å². The summed E-state index contributed by atoms with van der Waals surface area (Å²) in [7, 11) is -3.87. The van der Waals surface area contributed by atoms with Crippen LogP contribution in [-0.4, -0.2) is 31.2 Å². The summed E-state index contributed by atoms with van der Waals surface area (Å²) in [4.78, 5) is 12.7. The number of carbonyl (C=O) groups excluding carboxylic acids is 1. The van der Waals surface area contributed by atoms with E-state index in [2.05, 4.69) is 5.32 Å². The van der Waals surface area contributed by atoms with Crippen LogP contribution in [0.1, 0.15) is 24.8 Å². The fraction of sp³-hybridized carbons (Fsp3) is 0.316. The largest absolute Gasteiger partial charge is 0.325 e. The molecule has 0 aliphatic carbocycles. The smallest absolute Gasteiger partial charge is 0.243 e. The number of sulfonamides is 1. The van der Waals surface area contributed by atoms with E-state index in [9.17, 15) is 17.6 Å². The third kappa shape index (κ3) is 3.94. The Hall–Kier alpha value is -2.25. The predicted octanol–water partition coefficient (Wildman–Crippen LogP) is 3.32. The molecule has 1 unspecified atom stereocenters. The molecular weight excluding hydrogens is 355 g/mol. The van der Waals surface area contributed by atoms with Gasteiger partial charge in [-0.1, -0.05) is 24.1 Å². The highest BCUT2D eigenvalue weighted by Gasteiger charge is 2.37. The SMILES string of the molecule is Cc1ccc(NC(=O)C2CCCCN2S(=O)(=O)c2ccc(F)cc2)cc1. The number of hydrogen-bond donors (Lipinski definition) is 1. The minimum absolute atomic E-state index is 0.00561. The molecule has 2 aromatic rings. The van der Waals surface area contributed by atoms with Crippen LogP contribution < -0.4 is 5.32 Å². The summed E-state index contributed by atoms with van der Waals surface area (Å²) in [5.41, 5.74) is 1.70. The van der Waals surface area contributed by atoms with Crippen LogP contribution in [0.15, 0.2) is 53.4 Å². The second-order valence-corrected chi connectivity index (χ2v) is 8.33. The molecule has 1 fully saturated rings. The molecule has 5 nitrogen and oxygen atoms in total. The number of aryl methyl sites for hydroxylation is 1.